The van der Waals surface area contributed by atoms with Crippen LogP contribution in [0.4, 0.5) is 5.69 Å². The third-order valence-electron chi connectivity index (χ3n) is 3.05. The molecule has 3 aromatic rings. The van der Waals surface area contributed by atoms with Crippen LogP contribution in [0.15, 0.2) is 42.5 Å². The average molecular weight is 302 g/mol. The third-order valence-corrected chi connectivity index (χ3v) is 3.37. The molecule has 0 aliphatic carbocycles. The van der Waals surface area contributed by atoms with Crippen molar-refractivity contribution in [3.05, 3.63) is 47.5 Å². The quantitative estimate of drug-likeness (QED) is 0.752. The smallest absolute Gasteiger partial charge is 0.189 e. The van der Waals surface area contributed by atoms with Gasteiger partial charge in [-0.25, -0.2) is 0 Å². The van der Waals surface area contributed by atoms with E-state index in [0.29, 0.717) is 33.5 Å². The maximum absolute atomic E-state index is 6.20. The highest BCUT2D eigenvalue weighted by Crippen LogP contribution is 2.30. The third kappa shape index (κ3) is 2.41. The first-order chi connectivity index (χ1) is 10.2. The van der Waals surface area contributed by atoms with Gasteiger partial charge < -0.3 is 10.5 Å². The van der Waals surface area contributed by atoms with Crippen LogP contribution in [0.5, 0.6) is 5.75 Å². The van der Waals surface area contributed by atoms with Gasteiger partial charge in [0.05, 0.1) is 17.8 Å². The van der Waals surface area contributed by atoms with Crippen molar-refractivity contribution in [2.75, 3.05) is 12.8 Å². The molecule has 0 aliphatic heterocycles. The van der Waals surface area contributed by atoms with Gasteiger partial charge in [0.15, 0.2) is 5.82 Å². The van der Waals surface area contributed by atoms with Gasteiger partial charge in [0.2, 0.25) is 0 Å². The van der Waals surface area contributed by atoms with Crippen molar-refractivity contribution in [2.45, 2.75) is 0 Å². The maximum Gasteiger partial charge on any atom is 0.189 e. The van der Waals surface area contributed by atoms with E-state index in [9.17, 15) is 0 Å². The fourth-order valence-electron chi connectivity index (χ4n) is 2.00. The molecule has 0 amide bonds. The highest BCUT2D eigenvalue weighted by molar-refractivity contribution is 6.32. The lowest BCUT2D eigenvalue weighted by molar-refractivity contribution is 0.415. The average Bonchev–Trinajstić information content (AvgIpc) is 2.97. The van der Waals surface area contributed by atoms with Gasteiger partial charge >= 0.3 is 0 Å². The lowest BCUT2D eigenvalue weighted by Gasteiger charge is -2.09. The van der Waals surface area contributed by atoms with Crippen molar-refractivity contribution in [3.63, 3.8) is 0 Å². The van der Waals surface area contributed by atoms with E-state index in [4.69, 9.17) is 22.1 Å². The largest absolute Gasteiger partial charge is 0.497 e. The topological polar surface area (TPSA) is 78.8 Å². The minimum Gasteiger partial charge on any atom is -0.497 e. The SMILES string of the molecule is COc1ccc(N)c(-c2nnnn2-c2ccccc2Cl)c1. The van der Waals surface area contributed by atoms with Crippen LogP contribution in [-0.4, -0.2) is 27.3 Å². The lowest BCUT2D eigenvalue weighted by Crippen LogP contribution is -2.02. The Bertz CT molecular complexity index is 787. The highest BCUT2D eigenvalue weighted by Gasteiger charge is 2.16. The molecule has 0 spiro atoms. The molecule has 2 N–H and O–H groups in total. The molecule has 0 saturated heterocycles. The first-order valence-electron chi connectivity index (χ1n) is 6.18. The number of rotatable bonds is 3. The van der Waals surface area contributed by atoms with Crippen molar-refractivity contribution in [2.24, 2.45) is 0 Å². The van der Waals surface area contributed by atoms with E-state index in [1.54, 1.807) is 36.1 Å². The summed E-state index contributed by atoms with van der Waals surface area (Å²) in [6.45, 7) is 0. The van der Waals surface area contributed by atoms with Crippen molar-refractivity contribution in [1.29, 1.82) is 0 Å². The van der Waals surface area contributed by atoms with Gasteiger partial charge in [-0.3, -0.25) is 0 Å². The molecule has 0 unspecified atom stereocenters. The van der Waals surface area contributed by atoms with E-state index < -0.39 is 0 Å². The second-order valence-electron chi connectivity index (χ2n) is 4.32. The van der Waals surface area contributed by atoms with Crippen LogP contribution >= 0.6 is 11.6 Å². The van der Waals surface area contributed by atoms with Gasteiger partial charge in [0, 0.05) is 11.3 Å². The number of benzene rings is 2. The van der Waals surface area contributed by atoms with E-state index in [2.05, 4.69) is 15.5 Å². The number of anilines is 1. The number of halogens is 1. The summed E-state index contributed by atoms with van der Waals surface area (Å²) in [5.74, 6) is 1.17. The summed E-state index contributed by atoms with van der Waals surface area (Å²) in [5.41, 5.74) is 7.94. The van der Waals surface area contributed by atoms with E-state index in [1.807, 2.05) is 18.2 Å². The number of nitrogens with two attached hydrogens (primary N) is 1. The molecular formula is C14H12ClN5O. The Morgan fingerprint density at radius 3 is 2.76 bits per heavy atom. The Morgan fingerprint density at radius 2 is 2.00 bits per heavy atom. The Balaban J connectivity index is 2.18. The van der Waals surface area contributed by atoms with E-state index in [0.717, 1.165) is 0 Å². The second-order valence-corrected chi connectivity index (χ2v) is 4.73. The molecule has 0 saturated carbocycles. The zero-order valence-electron chi connectivity index (χ0n) is 11.2. The van der Waals surface area contributed by atoms with Gasteiger partial charge in [-0.2, -0.15) is 4.68 Å². The van der Waals surface area contributed by atoms with E-state index in [1.165, 1.54) is 0 Å². The zero-order valence-corrected chi connectivity index (χ0v) is 11.9. The van der Waals surface area contributed by atoms with Gasteiger partial charge in [-0.1, -0.05) is 23.7 Å². The molecule has 2 aromatic carbocycles. The molecule has 1 aromatic heterocycles. The van der Waals surface area contributed by atoms with Crippen LogP contribution in [0.1, 0.15) is 0 Å². The predicted molar refractivity (Wildman–Crippen MR) is 80.6 cm³/mol. The summed E-state index contributed by atoms with van der Waals surface area (Å²) in [4.78, 5) is 0. The van der Waals surface area contributed by atoms with Gasteiger partial charge in [0.25, 0.3) is 0 Å². The van der Waals surface area contributed by atoms with Gasteiger partial charge in [-0.15, -0.1) is 5.10 Å². The molecule has 0 bridgehead atoms. The van der Waals surface area contributed by atoms with Crippen LogP contribution < -0.4 is 10.5 Å². The van der Waals surface area contributed by atoms with Crippen molar-refractivity contribution >= 4 is 17.3 Å². The highest BCUT2D eigenvalue weighted by atomic mass is 35.5. The van der Waals surface area contributed by atoms with Crippen LogP contribution in [0.2, 0.25) is 5.02 Å². The number of ether oxygens (including phenoxy) is 1. The Morgan fingerprint density at radius 1 is 1.19 bits per heavy atom. The molecule has 6 nitrogen and oxygen atoms in total. The maximum atomic E-state index is 6.20. The van der Waals surface area contributed by atoms with Crippen molar-refractivity contribution in [1.82, 2.24) is 20.2 Å². The first-order valence-corrected chi connectivity index (χ1v) is 6.55. The van der Waals surface area contributed by atoms with Crippen LogP contribution in [0.3, 0.4) is 0 Å². The number of hydrogen-bond acceptors (Lipinski definition) is 5. The summed E-state index contributed by atoms with van der Waals surface area (Å²) in [7, 11) is 1.59. The minimum absolute atomic E-state index is 0.500. The molecular weight excluding hydrogens is 290 g/mol. The fourth-order valence-corrected chi connectivity index (χ4v) is 2.21. The number of nitrogen functional groups attached to an aromatic ring is 1. The summed E-state index contributed by atoms with van der Waals surface area (Å²) >= 11 is 6.20. The predicted octanol–water partition coefficient (Wildman–Crippen LogP) is 2.57. The number of para-hydroxylation sites is 1. The van der Waals surface area contributed by atoms with Crippen LogP contribution in [0.25, 0.3) is 17.1 Å². The molecule has 0 fully saturated rings. The molecule has 0 radical (unpaired) electrons. The molecule has 21 heavy (non-hydrogen) atoms. The summed E-state index contributed by atoms with van der Waals surface area (Å²) < 4.78 is 6.77. The fraction of sp³-hybridized carbons (Fsp3) is 0.0714. The Hall–Kier alpha value is -2.60. The molecule has 7 heteroatoms. The summed E-state index contributed by atoms with van der Waals surface area (Å²) in [6.07, 6.45) is 0. The summed E-state index contributed by atoms with van der Waals surface area (Å²) in [6, 6.07) is 12.6. The number of tetrazole rings is 1. The van der Waals surface area contributed by atoms with Crippen LogP contribution in [-0.2, 0) is 0 Å². The molecule has 3 rings (SSSR count). The second kappa shape index (κ2) is 5.41. The molecule has 106 valence electrons. The van der Waals surface area contributed by atoms with Gasteiger partial charge in [0.1, 0.15) is 5.75 Å². The Labute approximate surface area is 126 Å². The molecule has 0 atom stereocenters. The van der Waals surface area contributed by atoms with E-state index >= 15 is 0 Å². The van der Waals surface area contributed by atoms with Crippen molar-refractivity contribution in [3.8, 4) is 22.8 Å². The minimum atomic E-state index is 0.500. The van der Waals surface area contributed by atoms with Crippen molar-refractivity contribution < 1.29 is 4.74 Å². The number of hydrogen-bond donors (Lipinski definition) is 1. The van der Waals surface area contributed by atoms with E-state index in [-0.39, 0.29) is 0 Å². The normalized spacial score (nSPS) is 10.6. The lowest BCUT2D eigenvalue weighted by atomic mass is 10.1. The first kappa shape index (κ1) is 13.4. The number of nitrogens with zero attached hydrogens (tertiary/aromatic N) is 4. The standard InChI is InChI=1S/C14H12ClN5O/c1-21-9-6-7-12(16)10(8-9)14-17-18-19-20(14)13-5-3-2-4-11(13)15/h2-8H,16H2,1H3. The number of methoxy groups -OCH3 is 1. The Kier molecular flexibility index (Phi) is 3.45. The number of aromatic nitrogens is 4. The molecule has 1 heterocycles. The molecule has 0 aliphatic rings. The monoisotopic (exact) mass is 301 g/mol. The van der Waals surface area contributed by atoms with Gasteiger partial charge in [-0.05, 0) is 40.8 Å². The van der Waals surface area contributed by atoms with Crippen LogP contribution in [0, 0.1) is 0 Å². The zero-order chi connectivity index (χ0) is 14.8. The summed E-state index contributed by atoms with van der Waals surface area (Å²) in [5, 5.41) is 12.3.